The molecule has 1 N–H and O–H groups in total. The molecule has 1 heterocycles. The summed E-state index contributed by atoms with van der Waals surface area (Å²) in [5.41, 5.74) is 2.07. The van der Waals surface area contributed by atoms with Gasteiger partial charge >= 0.3 is 11.7 Å². The van der Waals surface area contributed by atoms with Gasteiger partial charge in [-0.2, -0.15) is 0 Å². The minimum atomic E-state index is -0.341. The number of hydrogen-bond acceptors (Lipinski definition) is 3. The van der Waals surface area contributed by atoms with Gasteiger partial charge in [-0.15, -0.1) is 0 Å². The number of fused-ring (bicyclic) bond motifs is 1. The number of imidazole rings is 1. The Balaban J connectivity index is 1.58. The molecule has 0 spiro atoms. The summed E-state index contributed by atoms with van der Waals surface area (Å²) in [4.78, 5) is 26.5. The van der Waals surface area contributed by atoms with Crippen LogP contribution in [0.2, 0.25) is 0 Å². The summed E-state index contributed by atoms with van der Waals surface area (Å²) in [6, 6.07) is 16.4. The van der Waals surface area contributed by atoms with Crippen molar-refractivity contribution in [1.82, 2.24) is 9.55 Å². The summed E-state index contributed by atoms with van der Waals surface area (Å²) in [5.74, 6) is -0.341. The van der Waals surface area contributed by atoms with E-state index in [-0.39, 0.29) is 18.3 Å². The number of carbonyl (C=O) groups excluding carboxylic acids is 1. The van der Waals surface area contributed by atoms with Crippen LogP contribution in [0.25, 0.3) is 11.0 Å². The monoisotopic (exact) mass is 296 g/mol. The van der Waals surface area contributed by atoms with Crippen LogP contribution >= 0.6 is 0 Å². The van der Waals surface area contributed by atoms with Gasteiger partial charge in [0.1, 0.15) is 0 Å². The lowest BCUT2D eigenvalue weighted by atomic mass is 10.2. The maximum Gasteiger partial charge on any atom is 0.338 e. The quantitative estimate of drug-likeness (QED) is 0.581. The highest BCUT2D eigenvalue weighted by Crippen LogP contribution is 2.09. The first kappa shape index (κ1) is 14.1. The first-order valence-electron chi connectivity index (χ1n) is 7.15. The van der Waals surface area contributed by atoms with Gasteiger partial charge in [-0.1, -0.05) is 30.3 Å². The number of para-hydroxylation sites is 2. The van der Waals surface area contributed by atoms with Crippen LogP contribution in [0.4, 0.5) is 0 Å². The molecule has 3 aromatic rings. The highest BCUT2D eigenvalue weighted by Gasteiger charge is 2.07. The Morgan fingerprint density at radius 2 is 1.77 bits per heavy atom. The van der Waals surface area contributed by atoms with E-state index in [1.807, 2.05) is 30.3 Å². The Morgan fingerprint density at radius 3 is 2.59 bits per heavy atom. The highest BCUT2D eigenvalue weighted by molar-refractivity contribution is 5.89. The highest BCUT2D eigenvalue weighted by atomic mass is 16.5. The fourth-order valence-electron chi connectivity index (χ4n) is 2.37. The first-order valence-corrected chi connectivity index (χ1v) is 7.15. The third-order valence-electron chi connectivity index (χ3n) is 3.45. The van der Waals surface area contributed by atoms with Gasteiger partial charge in [0.25, 0.3) is 0 Å². The summed E-state index contributed by atoms with van der Waals surface area (Å²) >= 11 is 0. The predicted molar refractivity (Wildman–Crippen MR) is 83.9 cm³/mol. The molecule has 0 saturated heterocycles. The van der Waals surface area contributed by atoms with Crippen LogP contribution in [0, 0.1) is 0 Å². The van der Waals surface area contributed by atoms with Crippen molar-refractivity contribution in [2.75, 3.05) is 6.61 Å². The number of aryl methyl sites for hydroxylation is 1. The minimum absolute atomic E-state index is 0.143. The van der Waals surface area contributed by atoms with Crippen molar-refractivity contribution in [2.45, 2.75) is 13.0 Å². The molecule has 0 fully saturated rings. The lowest BCUT2D eigenvalue weighted by Gasteiger charge is -2.06. The molecule has 0 amide bonds. The van der Waals surface area contributed by atoms with Crippen molar-refractivity contribution >= 4 is 17.0 Å². The van der Waals surface area contributed by atoms with Crippen LogP contribution in [-0.2, 0) is 11.3 Å². The minimum Gasteiger partial charge on any atom is -0.462 e. The second kappa shape index (κ2) is 6.30. The lowest BCUT2D eigenvalue weighted by molar-refractivity contribution is 0.0496. The number of benzene rings is 2. The van der Waals surface area contributed by atoms with E-state index in [0.717, 1.165) is 11.0 Å². The van der Waals surface area contributed by atoms with E-state index in [0.29, 0.717) is 18.5 Å². The number of nitrogens with zero attached hydrogens (tertiary/aromatic N) is 1. The molecule has 0 aliphatic rings. The van der Waals surface area contributed by atoms with E-state index < -0.39 is 0 Å². The smallest absolute Gasteiger partial charge is 0.338 e. The number of aromatic amines is 1. The molecule has 0 atom stereocenters. The zero-order valence-electron chi connectivity index (χ0n) is 12.0. The SMILES string of the molecule is O=C(OCCCn1c(=O)[nH]c2ccccc21)c1ccccc1. The Labute approximate surface area is 127 Å². The average Bonchev–Trinajstić information content (AvgIpc) is 2.88. The Bertz CT molecular complexity index is 834. The largest absolute Gasteiger partial charge is 0.462 e. The lowest BCUT2D eigenvalue weighted by Crippen LogP contribution is -2.18. The van der Waals surface area contributed by atoms with Gasteiger partial charge in [-0.25, -0.2) is 9.59 Å². The van der Waals surface area contributed by atoms with Crippen molar-refractivity contribution in [3.8, 4) is 0 Å². The topological polar surface area (TPSA) is 64.1 Å². The summed E-state index contributed by atoms with van der Waals surface area (Å²) < 4.78 is 6.87. The molecule has 3 rings (SSSR count). The molecule has 1 aromatic heterocycles. The van der Waals surface area contributed by atoms with Gasteiger partial charge < -0.3 is 9.72 Å². The zero-order chi connectivity index (χ0) is 15.4. The maximum atomic E-state index is 11.9. The molecule has 0 radical (unpaired) electrons. The van der Waals surface area contributed by atoms with Crippen LogP contribution in [0.3, 0.4) is 0 Å². The molecule has 5 heteroatoms. The van der Waals surface area contributed by atoms with E-state index >= 15 is 0 Å². The molecule has 22 heavy (non-hydrogen) atoms. The van der Waals surface area contributed by atoms with E-state index in [1.165, 1.54) is 0 Å². The molecule has 112 valence electrons. The summed E-state index contributed by atoms with van der Waals surface area (Å²) in [7, 11) is 0. The molecular formula is C17H16N2O3. The second-order valence-electron chi connectivity index (χ2n) is 4.95. The van der Waals surface area contributed by atoms with Gasteiger partial charge in [-0.05, 0) is 30.7 Å². The maximum absolute atomic E-state index is 11.9. The third kappa shape index (κ3) is 2.93. The van der Waals surface area contributed by atoms with Crippen LogP contribution in [0.1, 0.15) is 16.8 Å². The third-order valence-corrected chi connectivity index (χ3v) is 3.45. The van der Waals surface area contributed by atoms with Gasteiger partial charge in [0.15, 0.2) is 0 Å². The number of carbonyl (C=O) groups is 1. The molecule has 0 saturated carbocycles. The van der Waals surface area contributed by atoms with Crippen molar-refractivity contribution < 1.29 is 9.53 Å². The molecule has 0 aliphatic carbocycles. The Hall–Kier alpha value is -2.82. The molecule has 5 nitrogen and oxygen atoms in total. The standard InChI is InChI=1S/C17H16N2O3/c20-16(13-7-2-1-3-8-13)22-12-6-11-19-15-10-5-4-9-14(15)18-17(19)21/h1-5,7-10H,6,11-12H2,(H,18,21). The van der Waals surface area contributed by atoms with E-state index in [2.05, 4.69) is 4.98 Å². The summed E-state index contributed by atoms with van der Waals surface area (Å²) in [6.45, 7) is 0.782. The van der Waals surface area contributed by atoms with E-state index in [9.17, 15) is 9.59 Å². The molecular weight excluding hydrogens is 280 g/mol. The van der Waals surface area contributed by atoms with Gasteiger partial charge in [0.2, 0.25) is 0 Å². The molecule has 0 unspecified atom stereocenters. The van der Waals surface area contributed by atoms with E-state index in [4.69, 9.17) is 4.74 Å². The zero-order valence-corrected chi connectivity index (χ0v) is 12.0. The van der Waals surface area contributed by atoms with Crippen molar-refractivity contribution in [3.63, 3.8) is 0 Å². The van der Waals surface area contributed by atoms with Crippen molar-refractivity contribution in [3.05, 3.63) is 70.6 Å². The normalized spacial score (nSPS) is 10.7. The average molecular weight is 296 g/mol. The fourth-order valence-corrected chi connectivity index (χ4v) is 2.37. The van der Waals surface area contributed by atoms with Gasteiger partial charge in [0.05, 0.1) is 23.2 Å². The predicted octanol–water partition coefficient (Wildman–Crippen LogP) is 2.58. The fraction of sp³-hybridized carbons (Fsp3) is 0.176. The molecule has 0 aliphatic heterocycles. The van der Waals surface area contributed by atoms with Crippen LogP contribution in [0.15, 0.2) is 59.4 Å². The second-order valence-corrected chi connectivity index (χ2v) is 4.95. The number of H-pyrrole nitrogens is 1. The van der Waals surface area contributed by atoms with Crippen LogP contribution < -0.4 is 5.69 Å². The molecule has 0 bridgehead atoms. The number of rotatable bonds is 5. The Morgan fingerprint density at radius 1 is 1.05 bits per heavy atom. The summed E-state index contributed by atoms with van der Waals surface area (Å²) in [6.07, 6.45) is 0.584. The molecule has 2 aromatic carbocycles. The van der Waals surface area contributed by atoms with Crippen LogP contribution in [0.5, 0.6) is 0 Å². The van der Waals surface area contributed by atoms with E-state index in [1.54, 1.807) is 28.8 Å². The number of hydrogen-bond donors (Lipinski definition) is 1. The number of ether oxygens (including phenoxy) is 1. The number of aromatic nitrogens is 2. The van der Waals surface area contributed by atoms with Gasteiger partial charge in [0, 0.05) is 6.54 Å². The first-order chi connectivity index (χ1) is 10.8. The van der Waals surface area contributed by atoms with Crippen LogP contribution in [-0.4, -0.2) is 22.1 Å². The van der Waals surface area contributed by atoms with Crippen molar-refractivity contribution in [2.24, 2.45) is 0 Å². The number of nitrogens with one attached hydrogen (secondary N) is 1. The van der Waals surface area contributed by atoms with Gasteiger partial charge in [-0.3, -0.25) is 4.57 Å². The summed E-state index contributed by atoms with van der Waals surface area (Å²) in [5, 5.41) is 0. The van der Waals surface area contributed by atoms with Crippen molar-refractivity contribution in [1.29, 1.82) is 0 Å². The Kier molecular flexibility index (Phi) is 4.05. The number of esters is 1.